The lowest BCUT2D eigenvalue weighted by Crippen LogP contribution is -2.48. The Balaban J connectivity index is 1.32. The molecule has 1 aromatic heterocycles. The van der Waals surface area contributed by atoms with Crippen molar-refractivity contribution in [2.45, 2.75) is 31.8 Å². The third-order valence-corrected chi connectivity index (χ3v) is 5.37. The Kier molecular flexibility index (Phi) is 4.53. The summed E-state index contributed by atoms with van der Waals surface area (Å²) in [5.74, 6) is 0. The van der Waals surface area contributed by atoms with E-state index in [-0.39, 0.29) is 0 Å². The molecule has 1 saturated heterocycles. The van der Waals surface area contributed by atoms with Crippen LogP contribution < -0.4 is 5.32 Å². The van der Waals surface area contributed by atoms with Crippen molar-refractivity contribution < 1.29 is 0 Å². The van der Waals surface area contributed by atoms with E-state index in [4.69, 9.17) is 0 Å². The lowest BCUT2D eigenvalue weighted by molar-refractivity contribution is 0.126. The molecule has 4 heteroatoms. The maximum Gasteiger partial charge on any atom is 0.0386 e. The number of nitrogens with one attached hydrogen (secondary N) is 1. The molecular formula is C15H25N3S. The van der Waals surface area contributed by atoms with Crippen LogP contribution in [0.1, 0.15) is 30.7 Å². The van der Waals surface area contributed by atoms with Crippen LogP contribution in [0.25, 0.3) is 0 Å². The number of rotatable bonds is 6. The Labute approximate surface area is 120 Å². The summed E-state index contributed by atoms with van der Waals surface area (Å²) in [6.45, 7) is 9.63. The average molecular weight is 279 g/mol. The summed E-state index contributed by atoms with van der Waals surface area (Å²) >= 11 is 1.84. The molecular weight excluding hydrogens is 254 g/mol. The average Bonchev–Trinajstić information content (AvgIpc) is 3.14. The van der Waals surface area contributed by atoms with Gasteiger partial charge in [0.25, 0.3) is 0 Å². The van der Waals surface area contributed by atoms with Gasteiger partial charge in [0, 0.05) is 56.2 Å². The number of nitrogens with zero attached hydrogens (tertiary/aromatic N) is 2. The third-order valence-electron chi connectivity index (χ3n) is 4.32. The van der Waals surface area contributed by atoms with Gasteiger partial charge in [-0.05, 0) is 31.2 Å². The fourth-order valence-corrected chi connectivity index (χ4v) is 3.63. The van der Waals surface area contributed by atoms with Gasteiger partial charge in [-0.25, -0.2) is 0 Å². The molecule has 1 aliphatic heterocycles. The quantitative estimate of drug-likeness (QED) is 0.861. The molecule has 0 spiro atoms. The van der Waals surface area contributed by atoms with Crippen LogP contribution in [0.15, 0.2) is 17.5 Å². The van der Waals surface area contributed by atoms with Crippen molar-refractivity contribution >= 4 is 11.3 Å². The van der Waals surface area contributed by atoms with Crippen molar-refractivity contribution in [1.29, 1.82) is 0 Å². The van der Waals surface area contributed by atoms with Gasteiger partial charge in [0.15, 0.2) is 0 Å². The Bertz CT molecular complexity index is 367. The standard InChI is InChI=1S/C15H25N3S/c1-13(15-3-2-12-19-15)16-6-7-17-8-10-18(11-9-17)14-4-5-14/h2-3,12-14,16H,4-11H2,1H3. The highest BCUT2D eigenvalue weighted by Crippen LogP contribution is 2.27. The second kappa shape index (κ2) is 6.35. The van der Waals surface area contributed by atoms with Gasteiger partial charge >= 0.3 is 0 Å². The van der Waals surface area contributed by atoms with E-state index in [1.54, 1.807) is 0 Å². The van der Waals surface area contributed by atoms with Crippen LogP contribution in [0.5, 0.6) is 0 Å². The lowest BCUT2D eigenvalue weighted by Gasteiger charge is -2.35. The van der Waals surface area contributed by atoms with Crippen LogP contribution in [0, 0.1) is 0 Å². The number of piperazine rings is 1. The summed E-state index contributed by atoms with van der Waals surface area (Å²) < 4.78 is 0. The molecule has 0 bridgehead atoms. The smallest absolute Gasteiger partial charge is 0.0386 e. The zero-order chi connectivity index (χ0) is 13.1. The van der Waals surface area contributed by atoms with E-state index in [2.05, 4.69) is 39.6 Å². The molecule has 0 aromatic carbocycles. The lowest BCUT2D eigenvalue weighted by atomic mass is 10.2. The van der Waals surface area contributed by atoms with Crippen molar-refractivity contribution in [2.75, 3.05) is 39.3 Å². The maximum atomic E-state index is 3.63. The molecule has 1 N–H and O–H groups in total. The fourth-order valence-electron chi connectivity index (χ4n) is 2.87. The van der Waals surface area contributed by atoms with Crippen molar-refractivity contribution in [3.8, 4) is 0 Å². The van der Waals surface area contributed by atoms with Gasteiger partial charge in [0.1, 0.15) is 0 Å². The summed E-state index contributed by atoms with van der Waals surface area (Å²) in [6, 6.07) is 5.79. The monoisotopic (exact) mass is 279 g/mol. The Morgan fingerprint density at radius 2 is 2.11 bits per heavy atom. The molecule has 3 rings (SSSR count). The van der Waals surface area contributed by atoms with Gasteiger partial charge in [0.05, 0.1) is 0 Å². The first kappa shape index (κ1) is 13.6. The van der Waals surface area contributed by atoms with Crippen LogP contribution in [-0.2, 0) is 0 Å². The van der Waals surface area contributed by atoms with E-state index in [1.165, 1.54) is 50.4 Å². The van der Waals surface area contributed by atoms with Gasteiger partial charge in [-0.3, -0.25) is 9.80 Å². The number of hydrogen-bond donors (Lipinski definition) is 1. The first-order valence-electron chi connectivity index (χ1n) is 7.56. The molecule has 0 amide bonds. The largest absolute Gasteiger partial charge is 0.308 e. The van der Waals surface area contributed by atoms with Gasteiger partial charge in [-0.15, -0.1) is 11.3 Å². The second-order valence-electron chi connectivity index (χ2n) is 5.80. The molecule has 3 nitrogen and oxygen atoms in total. The van der Waals surface area contributed by atoms with E-state index in [0.717, 1.165) is 12.6 Å². The SMILES string of the molecule is CC(NCCN1CCN(C2CC2)CC1)c1cccs1. The summed E-state index contributed by atoms with van der Waals surface area (Å²) in [5, 5.41) is 5.79. The molecule has 1 aromatic rings. The van der Waals surface area contributed by atoms with Crippen LogP contribution in [0.4, 0.5) is 0 Å². The van der Waals surface area contributed by atoms with Crippen LogP contribution >= 0.6 is 11.3 Å². The highest BCUT2D eigenvalue weighted by molar-refractivity contribution is 7.10. The topological polar surface area (TPSA) is 18.5 Å². The summed E-state index contributed by atoms with van der Waals surface area (Å²) in [4.78, 5) is 6.73. The number of hydrogen-bond acceptors (Lipinski definition) is 4. The van der Waals surface area contributed by atoms with Gasteiger partial charge in [0.2, 0.25) is 0 Å². The first-order valence-corrected chi connectivity index (χ1v) is 8.44. The van der Waals surface area contributed by atoms with Crippen LogP contribution in [0.3, 0.4) is 0 Å². The summed E-state index contributed by atoms with van der Waals surface area (Å²) in [7, 11) is 0. The van der Waals surface area contributed by atoms with E-state index in [1.807, 2.05) is 11.3 Å². The molecule has 2 aliphatic rings. The fraction of sp³-hybridized carbons (Fsp3) is 0.733. The van der Waals surface area contributed by atoms with Crippen LogP contribution in [0.2, 0.25) is 0 Å². The Hall–Kier alpha value is -0.420. The predicted molar refractivity (Wildman–Crippen MR) is 81.8 cm³/mol. The minimum absolute atomic E-state index is 0.493. The molecule has 19 heavy (non-hydrogen) atoms. The van der Waals surface area contributed by atoms with Crippen molar-refractivity contribution in [2.24, 2.45) is 0 Å². The molecule has 1 unspecified atom stereocenters. The highest BCUT2D eigenvalue weighted by Gasteiger charge is 2.30. The first-order chi connectivity index (χ1) is 9.33. The third kappa shape index (κ3) is 3.78. The maximum absolute atomic E-state index is 3.63. The number of thiophene rings is 1. The van der Waals surface area contributed by atoms with E-state index in [9.17, 15) is 0 Å². The summed E-state index contributed by atoms with van der Waals surface area (Å²) in [5.41, 5.74) is 0. The molecule has 0 radical (unpaired) electrons. The highest BCUT2D eigenvalue weighted by atomic mass is 32.1. The molecule has 1 atom stereocenters. The molecule has 2 fully saturated rings. The second-order valence-corrected chi connectivity index (χ2v) is 6.78. The van der Waals surface area contributed by atoms with Crippen molar-refractivity contribution in [3.63, 3.8) is 0 Å². The predicted octanol–water partition coefficient (Wildman–Crippen LogP) is 2.18. The molecule has 106 valence electrons. The van der Waals surface area contributed by atoms with E-state index in [0.29, 0.717) is 6.04 Å². The van der Waals surface area contributed by atoms with Crippen molar-refractivity contribution in [3.05, 3.63) is 22.4 Å². The molecule has 1 saturated carbocycles. The minimum atomic E-state index is 0.493. The summed E-state index contributed by atoms with van der Waals surface area (Å²) in [6.07, 6.45) is 2.89. The molecule has 2 heterocycles. The van der Waals surface area contributed by atoms with Gasteiger partial charge in [-0.2, -0.15) is 0 Å². The normalized spacial score (nSPS) is 23.6. The zero-order valence-electron chi connectivity index (χ0n) is 11.8. The van der Waals surface area contributed by atoms with E-state index >= 15 is 0 Å². The van der Waals surface area contributed by atoms with Crippen molar-refractivity contribution in [1.82, 2.24) is 15.1 Å². The molecule has 1 aliphatic carbocycles. The Morgan fingerprint density at radius 1 is 1.32 bits per heavy atom. The Morgan fingerprint density at radius 3 is 2.74 bits per heavy atom. The van der Waals surface area contributed by atoms with E-state index < -0.39 is 0 Å². The van der Waals surface area contributed by atoms with Gasteiger partial charge < -0.3 is 5.32 Å². The van der Waals surface area contributed by atoms with Crippen LogP contribution in [-0.4, -0.2) is 55.1 Å². The minimum Gasteiger partial charge on any atom is -0.308 e. The van der Waals surface area contributed by atoms with Gasteiger partial charge in [-0.1, -0.05) is 6.07 Å². The zero-order valence-corrected chi connectivity index (χ0v) is 12.7.